The first-order valence-electron chi connectivity index (χ1n) is 6.83. The Kier molecular flexibility index (Phi) is 11.0. The van der Waals surface area contributed by atoms with Gasteiger partial charge in [-0.05, 0) is 6.42 Å². The Labute approximate surface area is 105 Å². The SMILES string of the molecule is CCCCCCCCCCCC(=O)C(=O)OC. The third-order valence-electron chi connectivity index (χ3n) is 2.92. The van der Waals surface area contributed by atoms with Crippen LogP contribution in [0.25, 0.3) is 0 Å². The minimum Gasteiger partial charge on any atom is -0.463 e. The van der Waals surface area contributed by atoms with E-state index in [0.717, 1.165) is 12.8 Å². The number of carbonyl (C=O) groups is 2. The van der Waals surface area contributed by atoms with E-state index in [1.165, 1.54) is 52.1 Å². The summed E-state index contributed by atoms with van der Waals surface area (Å²) in [6.07, 6.45) is 11.2. The molecule has 0 amide bonds. The Hall–Kier alpha value is -0.860. The number of Topliss-reactive ketones (excluding diaryl/α,β-unsaturated/α-hetero) is 1. The highest BCUT2D eigenvalue weighted by molar-refractivity contribution is 6.33. The molecule has 100 valence electrons. The highest BCUT2D eigenvalue weighted by atomic mass is 16.5. The number of hydrogen-bond acceptors (Lipinski definition) is 3. The molecule has 0 rings (SSSR count). The first-order chi connectivity index (χ1) is 8.22. The zero-order valence-corrected chi connectivity index (χ0v) is 11.3. The zero-order chi connectivity index (χ0) is 12.9. The summed E-state index contributed by atoms with van der Waals surface area (Å²) in [5.41, 5.74) is 0. The number of ether oxygens (including phenoxy) is 1. The fraction of sp³-hybridized carbons (Fsp3) is 0.857. The van der Waals surface area contributed by atoms with Gasteiger partial charge in [-0.15, -0.1) is 0 Å². The lowest BCUT2D eigenvalue weighted by molar-refractivity contribution is -0.151. The van der Waals surface area contributed by atoms with Crippen molar-refractivity contribution in [3.8, 4) is 0 Å². The monoisotopic (exact) mass is 242 g/mol. The molecule has 0 fully saturated rings. The molecule has 0 radical (unpaired) electrons. The molecule has 0 N–H and O–H groups in total. The second-order valence-electron chi connectivity index (χ2n) is 4.49. The smallest absolute Gasteiger partial charge is 0.374 e. The van der Waals surface area contributed by atoms with E-state index in [2.05, 4.69) is 11.7 Å². The lowest BCUT2D eigenvalue weighted by Gasteiger charge is -2.01. The van der Waals surface area contributed by atoms with E-state index in [-0.39, 0.29) is 0 Å². The first kappa shape index (κ1) is 16.1. The summed E-state index contributed by atoms with van der Waals surface area (Å²) >= 11 is 0. The van der Waals surface area contributed by atoms with Crippen molar-refractivity contribution in [3.05, 3.63) is 0 Å². The van der Waals surface area contributed by atoms with Crippen molar-refractivity contribution < 1.29 is 14.3 Å². The maximum absolute atomic E-state index is 11.1. The van der Waals surface area contributed by atoms with Gasteiger partial charge in [0, 0.05) is 6.42 Å². The van der Waals surface area contributed by atoms with E-state index in [1.807, 2.05) is 0 Å². The average molecular weight is 242 g/mol. The number of unbranched alkanes of at least 4 members (excludes halogenated alkanes) is 8. The Balaban J connectivity index is 3.18. The molecule has 0 aliphatic rings. The lowest BCUT2D eigenvalue weighted by Crippen LogP contribution is -2.14. The summed E-state index contributed by atoms with van der Waals surface area (Å²) in [6, 6.07) is 0. The topological polar surface area (TPSA) is 43.4 Å². The minimum absolute atomic E-state index is 0.336. The normalized spacial score (nSPS) is 10.2. The van der Waals surface area contributed by atoms with Crippen LogP contribution >= 0.6 is 0 Å². The maximum atomic E-state index is 11.1. The van der Waals surface area contributed by atoms with Crippen LogP contribution in [0.4, 0.5) is 0 Å². The molecule has 3 heteroatoms. The van der Waals surface area contributed by atoms with Gasteiger partial charge in [0.15, 0.2) is 0 Å². The van der Waals surface area contributed by atoms with Crippen molar-refractivity contribution in [1.82, 2.24) is 0 Å². The second kappa shape index (κ2) is 11.6. The van der Waals surface area contributed by atoms with Gasteiger partial charge in [-0.2, -0.15) is 0 Å². The number of rotatable bonds is 11. The van der Waals surface area contributed by atoms with Crippen LogP contribution < -0.4 is 0 Å². The van der Waals surface area contributed by atoms with E-state index in [0.29, 0.717) is 6.42 Å². The molecule has 0 aromatic rings. The van der Waals surface area contributed by atoms with Crippen LogP contribution in [-0.2, 0) is 14.3 Å². The third kappa shape index (κ3) is 10.0. The van der Waals surface area contributed by atoms with Crippen LogP contribution in [0, 0.1) is 0 Å². The van der Waals surface area contributed by atoms with E-state index in [1.54, 1.807) is 0 Å². The molecule has 0 aromatic heterocycles. The summed E-state index contributed by atoms with van der Waals surface area (Å²) in [6.45, 7) is 2.22. The van der Waals surface area contributed by atoms with Crippen molar-refractivity contribution in [2.24, 2.45) is 0 Å². The summed E-state index contributed by atoms with van der Waals surface area (Å²) < 4.78 is 4.36. The summed E-state index contributed by atoms with van der Waals surface area (Å²) in [5, 5.41) is 0. The van der Waals surface area contributed by atoms with Gasteiger partial charge in [-0.1, -0.05) is 58.3 Å². The Morgan fingerprint density at radius 1 is 0.824 bits per heavy atom. The Bertz CT molecular complexity index is 212. The summed E-state index contributed by atoms with van der Waals surface area (Å²) in [4.78, 5) is 21.9. The molecule has 3 nitrogen and oxygen atoms in total. The molecular formula is C14H26O3. The quantitative estimate of drug-likeness (QED) is 0.315. The molecule has 0 heterocycles. The van der Waals surface area contributed by atoms with Crippen LogP contribution in [-0.4, -0.2) is 18.9 Å². The largest absolute Gasteiger partial charge is 0.463 e. The predicted octanol–water partition coefficient (Wildman–Crippen LogP) is 3.65. The van der Waals surface area contributed by atoms with Crippen LogP contribution in [0.15, 0.2) is 0 Å². The predicted molar refractivity (Wildman–Crippen MR) is 68.9 cm³/mol. The minimum atomic E-state index is -0.704. The Morgan fingerprint density at radius 3 is 1.76 bits per heavy atom. The van der Waals surface area contributed by atoms with Crippen LogP contribution in [0.1, 0.15) is 71.1 Å². The highest BCUT2D eigenvalue weighted by Gasteiger charge is 2.12. The van der Waals surface area contributed by atoms with Gasteiger partial charge in [-0.25, -0.2) is 4.79 Å². The van der Waals surface area contributed by atoms with Gasteiger partial charge >= 0.3 is 5.97 Å². The van der Waals surface area contributed by atoms with Crippen molar-refractivity contribution in [2.45, 2.75) is 71.1 Å². The molecule has 0 saturated heterocycles. The second-order valence-corrected chi connectivity index (χ2v) is 4.49. The Morgan fingerprint density at radius 2 is 1.29 bits per heavy atom. The molecule has 0 atom stereocenters. The number of carbonyl (C=O) groups excluding carboxylic acids is 2. The van der Waals surface area contributed by atoms with Crippen molar-refractivity contribution in [2.75, 3.05) is 7.11 Å². The van der Waals surface area contributed by atoms with Crippen molar-refractivity contribution in [3.63, 3.8) is 0 Å². The molecule has 0 aliphatic heterocycles. The van der Waals surface area contributed by atoms with E-state index >= 15 is 0 Å². The molecule has 0 aliphatic carbocycles. The maximum Gasteiger partial charge on any atom is 0.374 e. The van der Waals surface area contributed by atoms with Gasteiger partial charge in [0.25, 0.3) is 0 Å². The average Bonchev–Trinajstić information content (AvgIpc) is 2.35. The van der Waals surface area contributed by atoms with Crippen molar-refractivity contribution in [1.29, 1.82) is 0 Å². The summed E-state index contributed by atoms with van der Waals surface area (Å²) in [7, 11) is 1.25. The summed E-state index contributed by atoms with van der Waals surface area (Å²) in [5.74, 6) is -1.10. The number of hydrogen-bond donors (Lipinski definition) is 0. The van der Waals surface area contributed by atoms with Gasteiger partial charge in [0.2, 0.25) is 5.78 Å². The van der Waals surface area contributed by atoms with E-state index in [4.69, 9.17) is 0 Å². The fourth-order valence-corrected chi connectivity index (χ4v) is 1.81. The number of methoxy groups -OCH3 is 1. The molecule has 0 spiro atoms. The fourth-order valence-electron chi connectivity index (χ4n) is 1.81. The van der Waals surface area contributed by atoms with Gasteiger partial charge in [0.05, 0.1) is 7.11 Å². The van der Waals surface area contributed by atoms with Crippen LogP contribution in [0.2, 0.25) is 0 Å². The molecule has 0 unspecified atom stereocenters. The van der Waals surface area contributed by atoms with E-state index in [9.17, 15) is 9.59 Å². The third-order valence-corrected chi connectivity index (χ3v) is 2.92. The standard InChI is InChI=1S/C14H26O3/c1-3-4-5-6-7-8-9-10-11-12-13(15)14(16)17-2/h3-12H2,1-2H3. The van der Waals surface area contributed by atoms with Crippen LogP contribution in [0.3, 0.4) is 0 Å². The zero-order valence-electron chi connectivity index (χ0n) is 11.3. The molecule has 0 saturated carbocycles. The van der Waals surface area contributed by atoms with Gasteiger partial charge in [0.1, 0.15) is 0 Å². The van der Waals surface area contributed by atoms with E-state index < -0.39 is 11.8 Å². The first-order valence-corrected chi connectivity index (χ1v) is 6.83. The van der Waals surface area contributed by atoms with Gasteiger partial charge in [-0.3, -0.25) is 4.79 Å². The number of ketones is 1. The molecular weight excluding hydrogens is 216 g/mol. The molecule has 0 aromatic carbocycles. The molecule has 17 heavy (non-hydrogen) atoms. The molecule has 0 bridgehead atoms. The van der Waals surface area contributed by atoms with Crippen LogP contribution in [0.5, 0.6) is 0 Å². The van der Waals surface area contributed by atoms with Crippen molar-refractivity contribution >= 4 is 11.8 Å². The van der Waals surface area contributed by atoms with Gasteiger partial charge < -0.3 is 4.74 Å². The highest BCUT2D eigenvalue weighted by Crippen LogP contribution is 2.10. The number of esters is 1. The lowest BCUT2D eigenvalue weighted by atomic mass is 10.1.